The van der Waals surface area contributed by atoms with Crippen molar-refractivity contribution in [3.8, 4) is 0 Å². The highest BCUT2D eigenvalue weighted by atomic mass is 16.2. The van der Waals surface area contributed by atoms with E-state index in [0.29, 0.717) is 12.2 Å². The predicted octanol–water partition coefficient (Wildman–Crippen LogP) is 0.625. The zero-order chi connectivity index (χ0) is 13.5. The number of hydrogen-bond donors (Lipinski definition) is 3. The molecule has 0 aromatic heterocycles. The number of carbonyl (C=O) groups is 2. The first-order valence-electron chi connectivity index (χ1n) is 5.88. The van der Waals surface area contributed by atoms with E-state index in [-0.39, 0.29) is 24.2 Å². The molecule has 0 saturated carbocycles. The Morgan fingerprint density at radius 3 is 2.72 bits per heavy atom. The van der Waals surface area contributed by atoms with Gasteiger partial charge in [0.15, 0.2) is 0 Å². The molecule has 1 aromatic rings. The van der Waals surface area contributed by atoms with Crippen molar-refractivity contribution in [1.29, 1.82) is 0 Å². The van der Waals surface area contributed by atoms with Gasteiger partial charge in [-0.2, -0.15) is 0 Å². The average Bonchev–Trinajstić information content (AvgIpc) is 2.37. The van der Waals surface area contributed by atoms with Crippen LogP contribution in [-0.2, 0) is 9.59 Å². The monoisotopic (exact) mass is 249 g/mol. The number of carbonyl (C=O) groups excluding carboxylic acids is 2. The van der Waals surface area contributed by atoms with Crippen molar-refractivity contribution in [3.05, 3.63) is 29.8 Å². The molecule has 0 heterocycles. The van der Waals surface area contributed by atoms with Crippen LogP contribution in [0.25, 0.3) is 0 Å². The summed E-state index contributed by atoms with van der Waals surface area (Å²) >= 11 is 0. The van der Waals surface area contributed by atoms with Crippen molar-refractivity contribution in [2.45, 2.75) is 19.3 Å². The minimum Gasteiger partial charge on any atom is -0.399 e. The van der Waals surface area contributed by atoms with E-state index in [1.54, 1.807) is 19.2 Å². The normalized spacial score (nSPS) is 11.7. The van der Waals surface area contributed by atoms with E-state index in [4.69, 9.17) is 5.73 Å². The molecule has 0 radical (unpaired) electrons. The highest BCUT2D eigenvalue weighted by molar-refractivity contribution is 5.84. The number of nitrogen functional groups attached to an aromatic ring is 1. The lowest BCUT2D eigenvalue weighted by Gasteiger charge is -2.12. The second-order valence-corrected chi connectivity index (χ2v) is 4.11. The van der Waals surface area contributed by atoms with Crippen molar-refractivity contribution >= 4 is 17.5 Å². The summed E-state index contributed by atoms with van der Waals surface area (Å²) in [5.41, 5.74) is 7.17. The van der Waals surface area contributed by atoms with Crippen LogP contribution in [0.4, 0.5) is 5.69 Å². The van der Waals surface area contributed by atoms with Gasteiger partial charge in [-0.05, 0) is 24.6 Å². The third-order valence-electron chi connectivity index (χ3n) is 2.73. The fourth-order valence-corrected chi connectivity index (χ4v) is 1.56. The van der Waals surface area contributed by atoms with Gasteiger partial charge in [0.25, 0.3) is 0 Å². The molecular weight excluding hydrogens is 230 g/mol. The molecule has 0 spiro atoms. The highest BCUT2D eigenvalue weighted by Gasteiger charge is 2.14. The molecule has 4 N–H and O–H groups in total. The molecule has 1 aromatic carbocycles. The van der Waals surface area contributed by atoms with E-state index in [9.17, 15) is 9.59 Å². The van der Waals surface area contributed by atoms with Crippen LogP contribution in [0.1, 0.15) is 24.8 Å². The van der Waals surface area contributed by atoms with Gasteiger partial charge in [0.2, 0.25) is 11.8 Å². The smallest absolute Gasteiger partial charge is 0.227 e. The Bertz CT molecular complexity index is 432. The number of amides is 2. The van der Waals surface area contributed by atoms with Crippen molar-refractivity contribution < 1.29 is 9.59 Å². The van der Waals surface area contributed by atoms with Crippen LogP contribution < -0.4 is 16.4 Å². The van der Waals surface area contributed by atoms with Crippen LogP contribution in [0.15, 0.2) is 24.3 Å². The maximum absolute atomic E-state index is 11.8. The Morgan fingerprint density at radius 1 is 1.39 bits per heavy atom. The second kappa shape index (κ2) is 6.64. The molecule has 1 unspecified atom stereocenters. The van der Waals surface area contributed by atoms with Gasteiger partial charge in [-0.15, -0.1) is 0 Å². The summed E-state index contributed by atoms with van der Waals surface area (Å²) in [5, 5.41) is 5.23. The molecule has 0 aliphatic heterocycles. The second-order valence-electron chi connectivity index (χ2n) is 4.11. The minimum atomic E-state index is -0.279. The zero-order valence-corrected chi connectivity index (χ0v) is 10.7. The standard InChI is InChI=1S/C13H19N3O2/c1-9(10-4-3-5-11(14)8-10)13(18)16-7-6-12(17)15-2/h3-5,8-9H,6-7,14H2,1-2H3,(H,15,17)(H,16,18). The lowest BCUT2D eigenvalue weighted by atomic mass is 10.00. The SMILES string of the molecule is CNC(=O)CCNC(=O)C(C)c1cccc(N)c1. The molecule has 0 saturated heterocycles. The fourth-order valence-electron chi connectivity index (χ4n) is 1.56. The van der Waals surface area contributed by atoms with E-state index < -0.39 is 0 Å². The van der Waals surface area contributed by atoms with Gasteiger partial charge in [-0.25, -0.2) is 0 Å². The lowest BCUT2D eigenvalue weighted by Crippen LogP contribution is -2.31. The highest BCUT2D eigenvalue weighted by Crippen LogP contribution is 2.17. The van der Waals surface area contributed by atoms with Crippen molar-refractivity contribution in [2.24, 2.45) is 0 Å². The van der Waals surface area contributed by atoms with Crippen LogP contribution in [0.3, 0.4) is 0 Å². The lowest BCUT2D eigenvalue weighted by molar-refractivity contribution is -0.122. The van der Waals surface area contributed by atoms with Gasteiger partial charge in [0.1, 0.15) is 0 Å². The molecule has 98 valence electrons. The predicted molar refractivity (Wildman–Crippen MR) is 71.0 cm³/mol. The van der Waals surface area contributed by atoms with Crippen LogP contribution >= 0.6 is 0 Å². The van der Waals surface area contributed by atoms with Crippen molar-refractivity contribution in [1.82, 2.24) is 10.6 Å². The van der Waals surface area contributed by atoms with Gasteiger partial charge in [0.05, 0.1) is 5.92 Å². The van der Waals surface area contributed by atoms with Crippen LogP contribution in [0.5, 0.6) is 0 Å². The molecule has 5 heteroatoms. The quantitative estimate of drug-likeness (QED) is 0.669. The van der Waals surface area contributed by atoms with Crippen LogP contribution in [0.2, 0.25) is 0 Å². The molecule has 2 amide bonds. The maximum atomic E-state index is 11.8. The molecule has 1 rings (SSSR count). The van der Waals surface area contributed by atoms with E-state index in [2.05, 4.69) is 10.6 Å². The zero-order valence-electron chi connectivity index (χ0n) is 10.7. The molecular formula is C13H19N3O2. The Labute approximate surface area is 107 Å². The average molecular weight is 249 g/mol. The van der Waals surface area contributed by atoms with E-state index in [1.807, 2.05) is 19.1 Å². The van der Waals surface area contributed by atoms with E-state index >= 15 is 0 Å². The van der Waals surface area contributed by atoms with Crippen molar-refractivity contribution in [2.75, 3.05) is 19.3 Å². The summed E-state index contributed by atoms with van der Waals surface area (Å²) in [6.07, 6.45) is 0.284. The number of nitrogens with one attached hydrogen (secondary N) is 2. The number of nitrogens with two attached hydrogens (primary N) is 1. The molecule has 0 fully saturated rings. The van der Waals surface area contributed by atoms with E-state index in [0.717, 1.165) is 5.56 Å². The van der Waals surface area contributed by atoms with Gasteiger partial charge < -0.3 is 16.4 Å². The molecule has 0 bridgehead atoms. The van der Waals surface area contributed by atoms with Crippen LogP contribution in [-0.4, -0.2) is 25.4 Å². The first-order valence-corrected chi connectivity index (χ1v) is 5.88. The van der Waals surface area contributed by atoms with Gasteiger partial charge in [-0.1, -0.05) is 12.1 Å². The van der Waals surface area contributed by atoms with Crippen molar-refractivity contribution in [3.63, 3.8) is 0 Å². The largest absolute Gasteiger partial charge is 0.399 e. The molecule has 18 heavy (non-hydrogen) atoms. The summed E-state index contributed by atoms with van der Waals surface area (Å²) in [7, 11) is 1.57. The third-order valence-corrected chi connectivity index (χ3v) is 2.73. The molecule has 0 aliphatic rings. The Balaban J connectivity index is 2.49. The van der Waals surface area contributed by atoms with Gasteiger partial charge in [-0.3, -0.25) is 9.59 Å². The summed E-state index contributed by atoms with van der Waals surface area (Å²) in [5.74, 6) is -0.477. The Morgan fingerprint density at radius 2 is 2.11 bits per heavy atom. The summed E-state index contributed by atoms with van der Waals surface area (Å²) in [6, 6.07) is 7.24. The summed E-state index contributed by atoms with van der Waals surface area (Å²) < 4.78 is 0. The first-order chi connectivity index (χ1) is 8.54. The topological polar surface area (TPSA) is 84.2 Å². The third kappa shape index (κ3) is 4.08. The summed E-state index contributed by atoms with van der Waals surface area (Å²) in [4.78, 5) is 22.8. The maximum Gasteiger partial charge on any atom is 0.227 e. The van der Waals surface area contributed by atoms with Crippen LogP contribution in [0, 0.1) is 0 Å². The molecule has 1 atom stereocenters. The number of rotatable bonds is 5. The Hall–Kier alpha value is -2.04. The van der Waals surface area contributed by atoms with E-state index in [1.165, 1.54) is 0 Å². The van der Waals surface area contributed by atoms with Gasteiger partial charge in [0, 0.05) is 25.7 Å². The van der Waals surface area contributed by atoms with Gasteiger partial charge >= 0.3 is 0 Å². The number of hydrogen-bond acceptors (Lipinski definition) is 3. The molecule has 5 nitrogen and oxygen atoms in total. The molecule has 0 aliphatic carbocycles. The minimum absolute atomic E-state index is 0.0908. The number of benzene rings is 1. The number of anilines is 1. The Kier molecular flexibility index (Phi) is 5.17. The first kappa shape index (κ1) is 14.0. The summed E-state index contributed by atoms with van der Waals surface area (Å²) in [6.45, 7) is 2.15. The fraction of sp³-hybridized carbons (Fsp3) is 0.385.